The summed E-state index contributed by atoms with van der Waals surface area (Å²) in [5.41, 5.74) is 2.61. The first kappa shape index (κ1) is 9.78. The second-order valence-electron chi connectivity index (χ2n) is 3.54. The van der Waals surface area contributed by atoms with E-state index in [1.807, 2.05) is 6.07 Å². The fraction of sp³-hybridized carbons (Fsp3) is 0.333. The molecule has 14 heavy (non-hydrogen) atoms. The molecular weight excluding hydrogens is 238 g/mol. The van der Waals surface area contributed by atoms with Crippen LogP contribution >= 0.6 is 15.9 Å². The molecule has 0 amide bonds. The van der Waals surface area contributed by atoms with Crippen LogP contribution in [-0.4, -0.2) is 6.54 Å². The first-order valence-corrected chi connectivity index (χ1v) is 5.85. The summed E-state index contributed by atoms with van der Waals surface area (Å²) < 4.78 is 1.22. The van der Waals surface area contributed by atoms with Gasteiger partial charge < -0.3 is 5.32 Å². The Morgan fingerprint density at radius 3 is 2.57 bits per heavy atom. The van der Waals surface area contributed by atoms with Crippen LogP contribution in [0.4, 0.5) is 0 Å². The Hall–Kier alpha value is -0.760. The quantitative estimate of drug-likeness (QED) is 0.806. The fourth-order valence-electron chi connectivity index (χ4n) is 1.70. The second-order valence-corrected chi connectivity index (χ2v) is 4.34. The van der Waals surface area contributed by atoms with E-state index < -0.39 is 0 Å². The minimum atomic E-state index is 1.11. The topological polar surface area (TPSA) is 12.0 Å². The Morgan fingerprint density at radius 2 is 1.93 bits per heavy atom. The van der Waals surface area contributed by atoms with Crippen molar-refractivity contribution in [3.63, 3.8) is 0 Å². The van der Waals surface area contributed by atoms with Gasteiger partial charge >= 0.3 is 0 Å². The van der Waals surface area contributed by atoms with E-state index in [9.17, 15) is 0 Å². The van der Waals surface area contributed by atoms with Crippen LogP contribution in [0.5, 0.6) is 0 Å². The van der Waals surface area contributed by atoms with Crippen molar-refractivity contribution in [2.24, 2.45) is 0 Å². The number of benzene rings is 1. The van der Waals surface area contributed by atoms with E-state index in [0.717, 1.165) is 13.0 Å². The van der Waals surface area contributed by atoms with Gasteiger partial charge in [0.25, 0.3) is 0 Å². The molecule has 1 aromatic carbocycles. The van der Waals surface area contributed by atoms with Gasteiger partial charge in [0.1, 0.15) is 0 Å². The van der Waals surface area contributed by atoms with E-state index in [4.69, 9.17) is 0 Å². The van der Waals surface area contributed by atoms with Gasteiger partial charge in [0.15, 0.2) is 0 Å². The zero-order valence-electron chi connectivity index (χ0n) is 8.09. The Labute approximate surface area is 93.3 Å². The lowest BCUT2D eigenvalue weighted by Gasteiger charge is -2.18. The fourth-order valence-corrected chi connectivity index (χ4v) is 2.30. The first-order valence-electron chi connectivity index (χ1n) is 5.06. The number of hydrogen-bond acceptors (Lipinski definition) is 1. The standard InChI is InChI=1S/C12H14BrN/c13-12(10-6-2-1-3-7-10)11-8-4-5-9-14-11/h1-3,6-7,14H,4-5,8-9H2/b12-11-. The average Bonchev–Trinajstić information content (AvgIpc) is 2.30. The van der Waals surface area contributed by atoms with Crippen LogP contribution in [-0.2, 0) is 0 Å². The number of halogens is 1. The van der Waals surface area contributed by atoms with Crippen molar-refractivity contribution in [3.8, 4) is 0 Å². The van der Waals surface area contributed by atoms with E-state index in [-0.39, 0.29) is 0 Å². The molecule has 1 N–H and O–H groups in total. The number of hydrogen-bond donors (Lipinski definition) is 1. The Kier molecular flexibility index (Phi) is 3.25. The largest absolute Gasteiger partial charge is 0.387 e. The second kappa shape index (κ2) is 4.65. The lowest BCUT2D eigenvalue weighted by atomic mass is 10.1. The number of piperidine rings is 1. The molecular formula is C12H14BrN. The lowest BCUT2D eigenvalue weighted by molar-refractivity contribution is 0.591. The van der Waals surface area contributed by atoms with Gasteiger partial charge in [-0.05, 0) is 40.8 Å². The third kappa shape index (κ3) is 2.18. The Morgan fingerprint density at radius 1 is 1.14 bits per heavy atom. The summed E-state index contributed by atoms with van der Waals surface area (Å²) in [6, 6.07) is 10.4. The van der Waals surface area contributed by atoms with Crippen molar-refractivity contribution >= 4 is 20.4 Å². The van der Waals surface area contributed by atoms with E-state index in [2.05, 4.69) is 45.5 Å². The van der Waals surface area contributed by atoms with Crippen molar-refractivity contribution < 1.29 is 0 Å². The minimum absolute atomic E-state index is 1.11. The Balaban J connectivity index is 2.25. The first-order chi connectivity index (χ1) is 6.88. The van der Waals surface area contributed by atoms with E-state index in [1.165, 1.54) is 28.6 Å². The summed E-state index contributed by atoms with van der Waals surface area (Å²) in [6.45, 7) is 1.11. The molecule has 0 atom stereocenters. The highest BCUT2D eigenvalue weighted by molar-refractivity contribution is 9.15. The summed E-state index contributed by atoms with van der Waals surface area (Å²) >= 11 is 3.66. The molecule has 0 aromatic heterocycles. The highest BCUT2D eigenvalue weighted by atomic mass is 79.9. The van der Waals surface area contributed by atoms with Gasteiger partial charge in [-0.1, -0.05) is 30.3 Å². The minimum Gasteiger partial charge on any atom is -0.387 e. The zero-order valence-corrected chi connectivity index (χ0v) is 9.68. The van der Waals surface area contributed by atoms with Gasteiger partial charge in [-0.2, -0.15) is 0 Å². The van der Waals surface area contributed by atoms with Crippen LogP contribution < -0.4 is 5.32 Å². The normalized spacial score (nSPS) is 20.1. The summed E-state index contributed by atoms with van der Waals surface area (Å²) in [4.78, 5) is 0. The molecule has 1 aliphatic heterocycles. The number of nitrogens with one attached hydrogen (secondary N) is 1. The molecule has 0 saturated carbocycles. The maximum Gasteiger partial charge on any atom is 0.0437 e. The Bertz CT molecular complexity index is 321. The highest BCUT2D eigenvalue weighted by Crippen LogP contribution is 2.27. The van der Waals surface area contributed by atoms with Crippen LogP contribution in [0.1, 0.15) is 24.8 Å². The predicted molar refractivity (Wildman–Crippen MR) is 64.1 cm³/mol. The van der Waals surface area contributed by atoms with Crippen molar-refractivity contribution in [2.75, 3.05) is 6.54 Å². The van der Waals surface area contributed by atoms with Crippen LogP contribution in [0, 0.1) is 0 Å². The summed E-state index contributed by atoms with van der Waals surface area (Å²) in [5.74, 6) is 0. The van der Waals surface area contributed by atoms with Gasteiger partial charge in [0.05, 0.1) is 0 Å². The molecule has 1 fully saturated rings. The monoisotopic (exact) mass is 251 g/mol. The molecule has 2 rings (SSSR count). The third-order valence-corrected chi connectivity index (χ3v) is 3.42. The van der Waals surface area contributed by atoms with Crippen LogP contribution in [0.15, 0.2) is 36.0 Å². The molecule has 2 heteroatoms. The van der Waals surface area contributed by atoms with Crippen LogP contribution in [0.3, 0.4) is 0 Å². The molecule has 1 heterocycles. The smallest absolute Gasteiger partial charge is 0.0437 e. The molecule has 1 aromatic rings. The van der Waals surface area contributed by atoms with E-state index in [0.29, 0.717) is 0 Å². The van der Waals surface area contributed by atoms with Gasteiger partial charge in [0.2, 0.25) is 0 Å². The van der Waals surface area contributed by atoms with Crippen molar-refractivity contribution in [3.05, 3.63) is 41.6 Å². The van der Waals surface area contributed by atoms with Crippen molar-refractivity contribution in [1.29, 1.82) is 0 Å². The summed E-state index contributed by atoms with van der Waals surface area (Å²) in [6.07, 6.45) is 3.75. The van der Waals surface area contributed by atoms with Crippen LogP contribution in [0.2, 0.25) is 0 Å². The molecule has 1 aliphatic rings. The maximum atomic E-state index is 3.66. The molecule has 1 nitrogen and oxygen atoms in total. The third-order valence-electron chi connectivity index (χ3n) is 2.48. The van der Waals surface area contributed by atoms with Gasteiger partial charge in [-0.15, -0.1) is 0 Å². The highest BCUT2D eigenvalue weighted by Gasteiger charge is 2.09. The molecule has 74 valence electrons. The molecule has 1 saturated heterocycles. The molecule has 0 radical (unpaired) electrons. The SMILES string of the molecule is Br/C(=C1/CCCCN1)c1ccccc1. The molecule has 0 unspecified atom stereocenters. The zero-order chi connectivity index (χ0) is 9.80. The van der Waals surface area contributed by atoms with Gasteiger partial charge in [0, 0.05) is 16.7 Å². The van der Waals surface area contributed by atoms with Gasteiger partial charge in [-0.3, -0.25) is 0 Å². The molecule has 0 aliphatic carbocycles. The molecule has 0 bridgehead atoms. The maximum absolute atomic E-state index is 3.66. The van der Waals surface area contributed by atoms with E-state index in [1.54, 1.807) is 0 Å². The summed E-state index contributed by atoms with van der Waals surface area (Å²) in [7, 11) is 0. The van der Waals surface area contributed by atoms with Gasteiger partial charge in [-0.25, -0.2) is 0 Å². The average molecular weight is 252 g/mol. The molecule has 0 spiro atoms. The van der Waals surface area contributed by atoms with E-state index >= 15 is 0 Å². The summed E-state index contributed by atoms with van der Waals surface area (Å²) in [5, 5.41) is 3.45. The van der Waals surface area contributed by atoms with Crippen molar-refractivity contribution in [1.82, 2.24) is 5.32 Å². The van der Waals surface area contributed by atoms with Crippen molar-refractivity contribution in [2.45, 2.75) is 19.3 Å². The lowest BCUT2D eigenvalue weighted by Crippen LogP contribution is -2.20. The number of rotatable bonds is 1. The number of allylic oxidation sites excluding steroid dienone is 1. The van der Waals surface area contributed by atoms with Crippen LogP contribution in [0.25, 0.3) is 4.48 Å². The predicted octanol–water partition coefficient (Wildman–Crippen LogP) is 3.52.